The van der Waals surface area contributed by atoms with Gasteiger partial charge in [-0.1, -0.05) is 43.0 Å². The molecule has 2 heterocycles. The van der Waals surface area contributed by atoms with Gasteiger partial charge in [0, 0.05) is 48.5 Å². The molecule has 1 aliphatic rings. The standard InChI is InChI=1S/C22H23N3O3/c1-3-8-17-18(15-23-19(17)4-2)20(26)22(28)25-13-11-24(12-14-25)21(27)16-9-6-5-7-10-16/h3-10,15,23H,1,11-14H2,2H3/b17-8-,19-4+. The largest absolute Gasteiger partial charge is 0.361 e. The van der Waals surface area contributed by atoms with Crippen molar-refractivity contribution >= 4 is 29.7 Å². The van der Waals surface area contributed by atoms with Crippen LogP contribution >= 0.6 is 0 Å². The van der Waals surface area contributed by atoms with E-state index in [4.69, 9.17) is 0 Å². The van der Waals surface area contributed by atoms with E-state index in [0.29, 0.717) is 42.5 Å². The molecule has 6 nitrogen and oxygen atoms in total. The highest BCUT2D eigenvalue weighted by Crippen LogP contribution is 2.10. The summed E-state index contributed by atoms with van der Waals surface area (Å²) in [5.74, 6) is -1.16. The van der Waals surface area contributed by atoms with Crippen LogP contribution in [0.15, 0.2) is 49.2 Å². The van der Waals surface area contributed by atoms with E-state index in [1.807, 2.05) is 31.2 Å². The molecular formula is C22H23N3O3. The summed E-state index contributed by atoms with van der Waals surface area (Å²) in [5.41, 5.74) is 0.958. The zero-order valence-electron chi connectivity index (χ0n) is 15.9. The maximum atomic E-state index is 12.7. The minimum Gasteiger partial charge on any atom is -0.361 e. The molecule has 0 aliphatic carbocycles. The molecule has 0 radical (unpaired) electrons. The highest BCUT2D eigenvalue weighted by molar-refractivity contribution is 6.42. The molecule has 6 heteroatoms. The van der Waals surface area contributed by atoms with Crippen molar-refractivity contribution < 1.29 is 14.4 Å². The summed E-state index contributed by atoms with van der Waals surface area (Å²) in [6.45, 7) is 6.99. The van der Waals surface area contributed by atoms with E-state index in [1.165, 1.54) is 4.90 Å². The Morgan fingerprint density at radius 1 is 1.04 bits per heavy atom. The van der Waals surface area contributed by atoms with E-state index < -0.39 is 11.7 Å². The first-order valence-corrected chi connectivity index (χ1v) is 9.21. The van der Waals surface area contributed by atoms with Crippen LogP contribution in [0, 0.1) is 0 Å². The molecular weight excluding hydrogens is 354 g/mol. The van der Waals surface area contributed by atoms with Crippen LogP contribution in [0.5, 0.6) is 0 Å². The van der Waals surface area contributed by atoms with E-state index in [-0.39, 0.29) is 5.91 Å². The molecule has 1 aromatic carbocycles. The molecule has 0 unspecified atom stereocenters. The van der Waals surface area contributed by atoms with E-state index in [9.17, 15) is 14.4 Å². The molecule has 3 rings (SSSR count). The third-order valence-corrected chi connectivity index (χ3v) is 4.84. The minimum absolute atomic E-state index is 0.0596. The van der Waals surface area contributed by atoms with Crippen LogP contribution in [-0.2, 0) is 4.79 Å². The number of nitrogens with one attached hydrogen (secondary N) is 1. The number of hydrogen-bond donors (Lipinski definition) is 1. The SMILES string of the molecule is C=C/C=c1/c(C(=O)C(=O)N2CCN(C(=O)c3ccccc3)CC2)c[nH]/c1=C/C. The number of Topliss-reactive ketones (excluding diaryl/α,β-unsaturated/α-hetero) is 1. The maximum Gasteiger partial charge on any atom is 0.295 e. The average molecular weight is 377 g/mol. The Kier molecular flexibility index (Phi) is 5.89. The summed E-state index contributed by atoms with van der Waals surface area (Å²) in [7, 11) is 0. The van der Waals surface area contributed by atoms with Gasteiger partial charge in [0.15, 0.2) is 0 Å². The van der Waals surface area contributed by atoms with Crippen LogP contribution < -0.4 is 10.6 Å². The normalized spacial score (nSPS) is 15.6. The molecule has 2 aromatic rings. The minimum atomic E-state index is -0.555. The molecule has 0 saturated carbocycles. The number of aromatic amines is 1. The van der Waals surface area contributed by atoms with Crippen molar-refractivity contribution in [1.82, 2.24) is 14.8 Å². The lowest BCUT2D eigenvalue weighted by molar-refractivity contribution is -0.127. The van der Waals surface area contributed by atoms with Crippen LogP contribution in [0.2, 0.25) is 0 Å². The average Bonchev–Trinajstić information content (AvgIpc) is 3.16. The fourth-order valence-electron chi connectivity index (χ4n) is 3.31. The summed E-state index contributed by atoms with van der Waals surface area (Å²) in [5, 5.41) is 1.43. The van der Waals surface area contributed by atoms with E-state index >= 15 is 0 Å². The number of allylic oxidation sites excluding steroid dienone is 1. The van der Waals surface area contributed by atoms with Gasteiger partial charge in [-0.2, -0.15) is 0 Å². The predicted molar refractivity (Wildman–Crippen MR) is 108 cm³/mol. The summed E-state index contributed by atoms with van der Waals surface area (Å²) < 4.78 is 0. The molecule has 0 atom stereocenters. The molecule has 2 amide bonds. The number of carbonyl (C=O) groups is 3. The van der Waals surface area contributed by atoms with Gasteiger partial charge in [0.2, 0.25) is 0 Å². The number of carbonyl (C=O) groups excluding carboxylic acids is 3. The first-order chi connectivity index (χ1) is 13.6. The zero-order chi connectivity index (χ0) is 20.1. The number of ketones is 1. The first-order valence-electron chi connectivity index (χ1n) is 9.21. The second-order valence-corrected chi connectivity index (χ2v) is 6.50. The topological polar surface area (TPSA) is 73.5 Å². The van der Waals surface area contributed by atoms with Gasteiger partial charge in [0.05, 0.1) is 5.56 Å². The van der Waals surface area contributed by atoms with Crippen molar-refractivity contribution in [2.45, 2.75) is 6.92 Å². The highest BCUT2D eigenvalue weighted by atomic mass is 16.2. The lowest BCUT2D eigenvalue weighted by Crippen LogP contribution is -2.52. The number of benzene rings is 1. The number of hydrogen-bond acceptors (Lipinski definition) is 3. The van der Waals surface area contributed by atoms with Gasteiger partial charge >= 0.3 is 0 Å². The van der Waals surface area contributed by atoms with Crippen molar-refractivity contribution in [2.24, 2.45) is 0 Å². The van der Waals surface area contributed by atoms with Crippen LogP contribution in [0.4, 0.5) is 0 Å². The second-order valence-electron chi connectivity index (χ2n) is 6.50. The van der Waals surface area contributed by atoms with Crippen molar-refractivity contribution in [2.75, 3.05) is 26.2 Å². The van der Waals surface area contributed by atoms with Crippen molar-refractivity contribution in [1.29, 1.82) is 0 Å². The number of amides is 2. The number of H-pyrrole nitrogens is 1. The van der Waals surface area contributed by atoms with Gasteiger partial charge in [0.1, 0.15) is 0 Å². The molecule has 144 valence electrons. The van der Waals surface area contributed by atoms with Crippen LogP contribution in [0.1, 0.15) is 27.6 Å². The van der Waals surface area contributed by atoms with Gasteiger partial charge < -0.3 is 14.8 Å². The predicted octanol–water partition coefficient (Wildman–Crippen LogP) is 0.949. The first kappa shape index (κ1) is 19.4. The maximum absolute atomic E-state index is 12.7. The monoisotopic (exact) mass is 377 g/mol. The zero-order valence-corrected chi connectivity index (χ0v) is 15.9. The van der Waals surface area contributed by atoms with Crippen LogP contribution in [0.25, 0.3) is 12.2 Å². The Morgan fingerprint density at radius 3 is 2.29 bits per heavy atom. The Balaban J connectivity index is 1.70. The molecule has 1 aromatic heterocycles. The van der Waals surface area contributed by atoms with E-state index in [2.05, 4.69) is 11.6 Å². The number of aromatic nitrogens is 1. The van der Waals surface area contributed by atoms with Gasteiger partial charge in [-0.25, -0.2) is 0 Å². The molecule has 0 spiro atoms. The lowest BCUT2D eigenvalue weighted by atomic mass is 10.1. The number of rotatable bonds is 4. The van der Waals surface area contributed by atoms with Crippen molar-refractivity contribution in [3.05, 3.63) is 70.9 Å². The quantitative estimate of drug-likeness (QED) is 0.637. The lowest BCUT2D eigenvalue weighted by Gasteiger charge is -2.34. The van der Waals surface area contributed by atoms with Gasteiger partial charge in [-0.3, -0.25) is 14.4 Å². The van der Waals surface area contributed by atoms with E-state index in [0.717, 1.165) is 5.35 Å². The smallest absolute Gasteiger partial charge is 0.295 e. The summed E-state index contributed by atoms with van der Waals surface area (Å²) in [4.78, 5) is 44.2. The Labute approximate surface area is 163 Å². The molecule has 1 aliphatic heterocycles. The molecule has 1 fully saturated rings. The molecule has 1 saturated heterocycles. The number of piperazine rings is 1. The molecule has 1 N–H and O–H groups in total. The molecule has 28 heavy (non-hydrogen) atoms. The third kappa shape index (κ3) is 3.81. The summed E-state index contributed by atoms with van der Waals surface area (Å²) in [6.07, 6.45) is 6.69. The number of nitrogens with zero attached hydrogens (tertiary/aromatic N) is 2. The Bertz CT molecular complexity index is 1010. The van der Waals surface area contributed by atoms with Crippen molar-refractivity contribution in [3.8, 4) is 0 Å². The van der Waals surface area contributed by atoms with Gasteiger partial charge in [0.25, 0.3) is 17.6 Å². The third-order valence-electron chi connectivity index (χ3n) is 4.84. The fraction of sp³-hybridized carbons (Fsp3) is 0.227. The summed E-state index contributed by atoms with van der Waals surface area (Å²) in [6, 6.07) is 9.05. The Hall–Kier alpha value is -3.41. The molecule has 0 bridgehead atoms. The highest BCUT2D eigenvalue weighted by Gasteiger charge is 2.29. The van der Waals surface area contributed by atoms with Crippen LogP contribution in [0.3, 0.4) is 0 Å². The summed E-state index contributed by atoms with van der Waals surface area (Å²) >= 11 is 0. The van der Waals surface area contributed by atoms with E-state index in [1.54, 1.807) is 35.4 Å². The van der Waals surface area contributed by atoms with Crippen LogP contribution in [-0.4, -0.2) is 58.6 Å². The van der Waals surface area contributed by atoms with Gasteiger partial charge in [-0.05, 0) is 19.1 Å². The second kappa shape index (κ2) is 8.52. The Morgan fingerprint density at radius 2 is 1.68 bits per heavy atom. The van der Waals surface area contributed by atoms with Gasteiger partial charge in [-0.15, -0.1) is 0 Å². The fourth-order valence-corrected chi connectivity index (χ4v) is 3.31. The van der Waals surface area contributed by atoms with Crippen molar-refractivity contribution in [3.63, 3.8) is 0 Å².